The quantitative estimate of drug-likeness (QED) is 0.860. The number of methoxy groups -OCH3 is 1. The van der Waals surface area contributed by atoms with Gasteiger partial charge in [0.25, 0.3) is 0 Å². The molecule has 2 saturated heterocycles. The zero-order chi connectivity index (χ0) is 17.6. The van der Waals surface area contributed by atoms with Crippen LogP contribution in [0.5, 0.6) is 5.75 Å². The summed E-state index contributed by atoms with van der Waals surface area (Å²) in [6, 6.07) is 9.08. The third kappa shape index (κ3) is 4.53. The summed E-state index contributed by atoms with van der Waals surface area (Å²) < 4.78 is 5.63. The van der Waals surface area contributed by atoms with Crippen LogP contribution in [0.2, 0.25) is 0 Å². The maximum atomic E-state index is 11.7. The molecule has 2 unspecified atom stereocenters. The molecule has 5 nitrogen and oxygen atoms in total. The van der Waals surface area contributed by atoms with Crippen LogP contribution in [-0.4, -0.2) is 62.1 Å². The van der Waals surface area contributed by atoms with E-state index in [1.54, 1.807) is 7.11 Å². The van der Waals surface area contributed by atoms with Gasteiger partial charge in [-0.15, -0.1) is 0 Å². The fraction of sp³-hybridized carbons (Fsp3) is 0.650. The van der Waals surface area contributed by atoms with Gasteiger partial charge in [-0.1, -0.05) is 24.6 Å². The lowest BCUT2D eigenvalue weighted by atomic mass is 9.99. The smallest absolute Gasteiger partial charge is 0.222 e. The van der Waals surface area contributed by atoms with Gasteiger partial charge in [0.15, 0.2) is 0 Å². The van der Waals surface area contributed by atoms with Crippen LogP contribution in [0, 0.1) is 0 Å². The molecular formula is C20H31N3O2. The highest BCUT2D eigenvalue weighted by molar-refractivity contribution is 5.76. The number of piperidine rings is 2. The minimum atomic E-state index is 0.260. The highest BCUT2D eigenvalue weighted by atomic mass is 16.5. The van der Waals surface area contributed by atoms with Gasteiger partial charge in [0, 0.05) is 38.2 Å². The van der Waals surface area contributed by atoms with Crippen LogP contribution in [0.15, 0.2) is 24.3 Å². The highest BCUT2D eigenvalue weighted by Gasteiger charge is 2.27. The van der Waals surface area contributed by atoms with Crippen LogP contribution in [0.25, 0.3) is 0 Å². The minimum Gasteiger partial charge on any atom is -0.496 e. The van der Waals surface area contributed by atoms with E-state index < -0.39 is 0 Å². The Labute approximate surface area is 151 Å². The van der Waals surface area contributed by atoms with Crippen molar-refractivity contribution in [3.8, 4) is 5.75 Å². The number of likely N-dealkylation sites (tertiary alicyclic amines) is 2. The standard InChI is InChI=1S/C20H31N3O2/c1-22-15-16(10-11-20(22)24)21-14-18(23-12-6-3-7-13-23)17-8-4-5-9-19(17)25-2/h4-5,8-9,16,18,21H,3,6-7,10-15H2,1-2H3. The van der Waals surface area contributed by atoms with Crippen LogP contribution in [0.3, 0.4) is 0 Å². The van der Waals surface area contributed by atoms with Gasteiger partial charge in [0.2, 0.25) is 5.91 Å². The molecule has 25 heavy (non-hydrogen) atoms. The van der Waals surface area contributed by atoms with E-state index in [0.717, 1.165) is 38.3 Å². The van der Waals surface area contributed by atoms with Crippen molar-refractivity contribution in [3.05, 3.63) is 29.8 Å². The van der Waals surface area contributed by atoms with Gasteiger partial charge in [-0.3, -0.25) is 9.69 Å². The maximum absolute atomic E-state index is 11.7. The van der Waals surface area contributed by atoms with Gasteiger partial charge in [0.05, 0.1) is 13.2 Å². The number of carbonyl (C=O) groups is 1. The molecule has 3 rings (SSSR count). The van der Waals surface area contributed by atoms with Crippen LogP contribution >= 0.6 is 0 Å². The molecule has 138 valence electrons. The molecule has 2 heterocycles. The minimum absolute atomic E-state index is 0.260. The molecule has 2 fully saturated rings. The lowest BCUT2D eigenvalue weighted by Crippen LogP contribution is -2.49. The van der Waals surface area contributed by atoms with Crippen molar-refractivity contribution in [2.45, 2.75) is 44.2 Å². The van der Waals surface area contributed by atoms with E-state index in [2.05, 4.69) is 28.4 Å². The molecule has 0 spiro atoms. The summed E-state index contributed by atoms with van der Waals surface area (Å²) in [5.74, 6) is 1.23. The summed E-state index contributed by atoms with van der Waals surface area (Å²) in [4.78, 5) is 16.1. The SMILES string of the molecule is COc1ccccc1C(CNC1CCC(=O)N(C)C1)N1CCCCC1. The fourth-order valence-corrected chi connectivity index (χ4v) is 4.06. The monoisotopic (exact) mass is 345 g/mol. The van der Waals surface area contributed by atoms with Crippen LogP contribution in [-0.2, 0) is 4.79 Å². The molecule has 0 bridgehead atoms. The first-order chi connectivity index (χ1) is 12.2. The summed E-state index contributed by atoms with van der Waals surface area (Å²) in [7, 11) is 3.65. The summed E-state index contributed by atoms with van der Waals surface area (Å²) in [5, 5.41) is 3.73. The zero-order valence-electron chi connectivity index (χ0n) is 15.5. The van der Waals surface area contributed by atoms with Crippen molar-refractivity contribution < 1.29 is 9.53 Å². The molecule has 0 saturated carbocycles. The third-order valence-electron chi connectivity index (χ3n) is 5.56. The average molecular weight is 345 g/mol. The van der Waals surface area contributed by atoms with E-state index >= 15 is 0 Å². The first-order valence-electron chi connectivity index (χ1n) is 9.53. The number of ether oxygens (including phenoxy) is 1. The summed E-state index contributed by atoms with van der Waals surface area (Å²) in [6.07, 6.45) is 5.45. The van der Waals surface area contributed by atoms with Gasteiger partial charge < -0.3 is 15.0 Å². The van der Waals surface area contributed by atoms with E-state index in [-0.39, 0.29) is 5.91 Å². The number of likely N-dealkylation sites (N-methyl/N-ethyl adjacent to an activating group) is 1. The Morgan fingerprint density at radius 3 is 2.72 bits per heavy atom. The Balaban J connectivity index is 1.71. The van der Waals surface area contributed by atoms with E-state index in [1.807, 2.05) is 18.0 Å². The normalized spacial score (nSPS) is 23.5. The number of para-hydroxylation sites is 1. The number of hydrogen-bond donors (Lipinski definition) is 1. The number of rotatable bonds is 6. The molecule has 1 aromatic rings. The second-order valence-corrected chi connectivity index (χ2v) is 7.27. The van der Waals surface area contributed by atoms with Crippen LogP contribution in [0.4, 0.5) is 0 Å². The molecule has 1 N–H and O–H groups in total. The molecule has 1 aromatic carbocycles. The predicted molar refractivity (Wildman–Crippen MR) is 99.8 cm³/mol. The molecule has 0 radical (unpaired) electrons. The van der Waals surface area contributed by atoms with Crippen molar-refractivity contribution in [2.24, 2.45) is 0 Å². The Hall–Kier alpha value is -1.59. The van der Waals surface area contributed by atoms with Crippen molar-refractivity contribution in [2.75, 3.05) is 40.3 Å². The first kappa shape index (κ1) is 18.2. The number of hydrogen-bond acceptors (Lipinski definition) is 4. The molecule has 2 aliphatic heterocycles. The summed E-state index contributed by atoms with van der Waals surface area (Å²) in [5.41, 5.74) is 1.26. The third-order valence-corrected chi connectivity index (χ3v) is 5.56. The molecule has 5 heteroatoms. The van der Waals surface area contributed by atoms with Gasteiger partial charge in [-0.25, -0.2) is 0 Å². The highest BCUT2D eigenvalue weighted by Crippen LogP contribution is 2.31. The number of benzene rings is 1. The number of amides is 1. The Morgan fingerprint density at radius 2 is 2.00 bits per heavy atom. The first-order valence-corrected chi connectivity index (χ1v) is 9.53. The van der Waals surface area contributed by atoms with Crippen LogP contribution < -0.4 is 10.1 Å². The average Bonchev–Trinajstić information content (AvgIpc) is 2.66. The number of carbonyl (C=O) groups excluding carboxylic acids is 1. The lowest BCUT2D eigenvalue weighted by molar-refractivity contribution is -0.132. The topological polar surface area (TPSA) is 44.8 Å². The zero-order valence-corrected chi connectivity index (χ0v) is 15.5. The van der Waals surface area contributed by atoms with E-state index in [4.69, 9.17) is 4.74 Å². The Morgan fingerprint density at radius 1 is 1.24 bits per heavy atom. The van der Waals surface area contributed by atoms with Crippen molar-refractivity contribution in [1.82, 2.24) is 15.1 Å². The lowest BCUT2D eigenvalue weighted by Gasteiger charge is -2.37. The van der Waals surface area contributed by atoms with Gasteiger partial charge in [-0.2, -0.15) is 0 Å². The van der Waals surface area contributed by atoms with Crippen LogP contribution in [0.1, 0.15) is 43.7 Å². The second kappa shape index (κ2) is 8.68. The molecule has 2 aliphatic rings. The van der Waals surface area contributed by atoms with E-state index in [1.165, 1.54) is 24.8 Å². The predicted octanol–water partition coefficient (Wildman–Crippen LogP) is 2.43. The molecular weight excluding hydrogens is 314 g/mol. The second-order valence-electron chi connectivity index (χ2n) is 7.27. The largest absolute Gasteiger partial charge is 0.496 e. The number of nitrogens with zero attached hydrogens (tertiary/aromatic N) is 2. The van der Waals surface area contributed by atoms with E-state index in [9.17, 15) is 4.79 Å². The maximum Gasteiger partial charge on any atom is 0.222 e. The van der Waals surface area contributed by atoms with Gasteiger partial charge >= 0.3 is 0 Å². The molecule has 1 amide bonds. The van der Waals surface area contributed by atoms with Gasteiger partial charge in [-0.05, 0) is 38.4 Å². The van der Waals surface area contributed by atoms with E-state index in [0.29, 0.717) is 18.5 Å². The van der Waals surface area contributed by atoms with Crippen molar-refractivity contribution in [1.29, 1.82) is 0 Å². The molecule has 0 aromatic heterocycles. The molecule has 2 atom stereocenters. The number of nitrogens with one attached hydrogen (secondary N) is 1. The Bertz CT molecular complexity index is 572. The molecule has 0 aliphatic carbocycles. The summed E-state index contributed by atoms with van der Waals surface area (Å²) in [6.45, 7) is 3.99. The fourth-order valence-electron chi connectivity index (χ4n) is 4.06. The summed E-state index contributed by atoms with van der Waals surface area (Å²) >= 11 is 0. The van der Waals surface area contributed by atoms with Crippen molar-refractivity contribution in [3.63, 3.8) is 0 Å². The van der Waals surface area contributed by atoms with Crippen molar-refractivity contribution >= 4 is 5.91 Å². The van der Waals surface area contributed by atoms with Gasteiger partial charge in [0.1, 0.15) is 5.75 Å². The Kier molecular flexibility index (Phi) is 6.32.